The number of para-hydroxylation sites is 2. The molecule has 2 aromatic carbocycles. The lowest BCUT2D eigenvalue weighted by Gasteiger charge is -2.11. The molecule has 2 aromatic rings. The van der Waals surface area contributed by atoms with Crippen molar-refractivity contribution in [3.63, 3.8) is 0 Å². The van der Waals surface area contributed by atoms with Gasteiger partial charge in [0.15, 0.2) is 6.61 Å². The molecule has 29 heavy (non-hydrogen) atoms. The van der Waals surface area contributed by atoms with Crippen molar-refractivity contribution in [3.8, 4) is 17.2 Å². The summed E-state index contributed by atoms with van der Waals surface area (Å²) in [6.07, 6.45) is 0. The van der Waals surface area contributed by atoms with Crippen LogP contribution in [0.5, 0.6) is 17.2 Å². The van der Waals surface area contributed by atoms with E-state index >= 15 is 0 Å². The van der Waals surface area contributed by atoms with E-state index in [0.717, 1.165) is 0 Å². The number of ether oxygens (including phenoxy) is 4. The van der Waals surface area contributed by atoms with Crippen LogP contribution in [0.4, 0.5) is 5.69 Å². The lowest BCUT2D eigenvalue weighted by molar-refractivity contribution is -0.146. The molecule has 0 heterocycles. The fraction of sp³-hybridized carbons (Fsp3) is 0.250. The van der Waals surface area contributed by atoms with Gasteiger partial charge >= 0.3 is 5.97 Å². The summed E-state index contributed by atoms with van der Waals surface area (Å²) < 4.78 is 20.2. The molecule has 0 unspecified atom stereocenters. The van der Waals surface area contributed by atoms with E-state index in [2.05, 4.69) is 10.6 Å². The molecule has 0 aliphatic rings. The second-order valence-electron chi connectivity index (χ2n) is 5.69. The highest BCUT2D eigenvalue weighted by Crippen LogP contribution is 2.23. The Bertz CT molecular complexity index is 861. The normalized spacial score (nSPS) is 9.90. The molecule has 2 amide bonds. The third kappa shape index (κ3) is 6.42. The van der Waals surface area contributed by atoms with E-state index in [4.69, 9.17) is 18.9 Å². The number of anilines is 1. The third-order valence-corrected chi connectivity index (χ3v) is 3.75. The number of amides is 2. The van der Waals surface area contributed by atoms with E-state index in [1.165, 1.54) is 33.5 Å². The predicted octanol–water partition coefficient (Wildman–Crippen LogP) is 1.62. The zero-order chi connectivity index (χ0) is 21.2. The van der Waals surface area contributed by atoms with Gasteiger partial charge in [0.25, 0.3) is 11.8 Å². The maximum atomic E-state index is 12.2. The van der Waals surface area contributed by atoms with Crippen molar-refractivity contribution in [2.24, 2.45) is 0 Å². The SMILES string of the molecule is COc1cc(OC)cc(C(=O)NCC(=O)OCC(=O)Nc2ccccc2OC)c1. The van der Waals surface area contributed by atoms with Crippen LogP contribution in [0.15, 0.2) is 42.5 Å². The molecule has 2 N–H and O–H groups in total. The van der Waals surface area contributed by atoms with Crippen LogP contribution in [0, 0.1) is 0 Å². The largest absolute Gasteiger partial charge is 0.497 e. The summed E-state index contributed by atoms with van der Waals surface area (Å²) >= 11 is 0. The number of benzene rings is 2. The minimum Gasteiger partial charge on any atom is -0.497 e. The monoisotopic (exact) mass is 402 g/mol. The van der Waals surface area contributed by atoms with Crippen LogP contribution < -0.4 is 24.8 Å². The first kappa shape index (κ1) is 21.5. The van der Waals surface area contributed by atoms with Crippen molar-refractivity contribution in [1.82, 2.24) is 5.32 Å². The molecule has 9 heteroatoms. The van der Waals surface area contributed by atoms with Gasteiger partial charge in [0.1, 0.15) is 23.8 Å². The summed E-state index contributed by atoms with van der Waals surface area (Å²) in [4.78, 5) is 36.0. The molecule has 9 nitrogen and oxygen atoms in total. The Morgan fingerprint density at radius 1 is 0.897 bits per heavy atom. The standard InChI is InChI=1S/C20H22N2O7/c1-26-14-8-13(9-15(10-14)27-2)20(25)21-11-19(24)29-12-18(23)22-16-6-4-5-7-17(16)28-3/h4-10H,11-12H2,1-3H3,(H,21,25)(H,22,23). The summed E-state index contributed by atoms with van der Waals surface area (Å²) in [5.74, 6) is -0.462. The molecule has 0 saturated heterocycles. The molecular weight excluding hydrogens is 380 g/mol. The molecule has 154 valence electrons. The van der Waals surface area contributed by atoms with E-state index in [9.17, 15) is 14.4 Å². The van der Waals surface area contributed by atoms with Crippen molar-refractivity contribution in [2.45, 2.75) is 0 Å². The van der Waals surface area contributed by atoms with Gasteiger partial charge in [0.05, 0.1) is 27.0 Å². The Morgan fingerprint density at radius 2 is 1.55 bits per heavy atom. The van der Waals surface area contributed by atoms with E-state index < -0.39 is 30.9 Å². The van der Waals surface area contributed by atoms with Gasteiger partial charge in [-0.05, 0) is 24.3 Å². The van der Waals surface area contributed by atoms with Crippen molar-refractivity contribution in [3.05, 3.63) is 48.0 Å². The summed E-state index contributed by atoms with van der Waals surface area (Å²) in [6, 6.07) is 11.5. The summed E-state index contributed by atoms with van der Waals surface area (Å²) in [7, 11) is 4.40. The molecule has 0 fully saturated rings. The average molecular weight is 402 g/mol. The molecule has 0 aliphatic heterocycles. The molecule has 0 radical (unpaired) electrons. The van der Waals surface area contributed by atoms with Crippen LogP contribution in [-0.4, -0.2) is 52.3 Å². The highest BCUT2D eigenvalue weighted by Gasteiger charge is 2.14. The van der Waals surface area contributed by atoms with Crippen molar-refractivity contribution < 1.29 is 33.3 Å². The first-order chi connectivity index (χ1) is 14.0. The number of methoxy groups -OCH3 is 3. The van der Waals surface area contributed by atoms with Crippen LogP contribution >= 0.6 is 0 Å². The number of rotatable bonds is 9. The number of hydrogen-bond acceptors (Lipinski definition) is 7. The van der Waals surface area contributed by atoms with Crippen molar-refractivity contribution in [1.29, 1.82) is 0 Å². The predicted molar refractivity (Wildman–Crippen MR) is 104 cm³/mol. The molecule has 2 rings (SSSR count). The fourth-order valence-corrected chi connectivity index (χ4v) is 2.32. The van der Waals surface area contributed by atoms with Crippen LogP contribution in [0.3, 0.4) is 0 Å². The maximum Gasteiger partial charge on any atom is 0.325 e. The Kier molecular flexibility index (Phi) is 7.84. The number of carbonyl (C=O) groups is 3. The molecular formula is C20H22N2O7. The van der Waals surface area contributed by atoms with E-state index in [-0.39, 0.29) is 5.56 Å². The number of carbonyl (C=O) groups excluding carboxylic acids is 3. The zero-order valence-electron chi connectivity index (χ0n) is 16.3. The van der Waals surface area contributed by atoms with Crippen LogP contribution in [0.1, 0.15) is 10.4 Å². The highest BCUT2D eigenvalue weighted by molar-refractivity contribution is 5.97. The van der Waals surface area contributed by atoms with Gasteiger partial charge in [-0.25, -0.2) is 0 Å². The first-order valence-corrected chi connectivity index (χ1v) is 8.56. The van der Waals surface area contributed by atoms with Crippen molar-refractivity contribution >= 4 is 23.5 Å². The quantitative estimate of drug-likeness (QED) is 0.613. The topological polar surface area (TPSA) is 112 Å². The number of esters is 1. The minimum absolute atomic E-state index is 0.253. The van der Waals surface area contributed by atoms with E-state index in [1.807, 2.05) is 0 Å². The fourth-order valence-electron chi connectivity index (χ4n) is 2.32. The van der Waals surface area contributed by atoms with Gasteiger partial charge in [-0.3, -0.25) is 14.4 Å². The molecule has 0 spiro atoms. The van der Waals surface area contributed by atoms with Crippen LogP contribution in [-0.2, 0) is 14.3 Å². The third-order valence-electron chi connectivity index (χ3n) is 3.75. The smallest absolute Gasteiger partial charge is 0.325 e. The number of hydrogen-bond donors (Lipinski definition) is 2. The van der Waals surface area contributed by atoms with Crippen molar-refractivity contribution in [2.75, 3.05) is 39.8 Å². The lowest BCUT2D eigenvalue weighted by Crippen LogP contribution is -2.32. The summed E-state index contributed by atoms with van der Waals surface area (Å²) in [5, 5.41) is 4.99. The second kappa shape index (κ2) is 10.5. The van der Waals surface area contributed by atoms with E-state index in [0.29, 0.717) is 22.9 Å². The zero-order valence-corrected chi connectivity index (χ0v) is 16.3. The van der Waals surface area contributed by atoms with Gasteiger partial charge in [-0.15, -0.1) is 0 Å². The molecule has 0 aromatic heterocycles. The Labute approximate surface area is 167 Å². The highest BCUT2D eigenvalue weighted by atomic mass is 16.5. The summed E-state index contributed by atoms with van der Waals surface area (Å²) in [5.41, 5.74) is 0.708. The first-order valence-electron chi connectivity index (χ1n) is 8.56. The molecule has 0 atom stereocenters. The Balaban J connectivity index is 1.82. The minimum atomic E-state index is -0.761. The molecule has 0 saturated carbocycles. The second-order valence-corrected chi connectivity index (χ2v) is 5.69. The van der Waals surface area contributed by atoms with Gasteiger partial charge in [-0.1, -0.05) is 12.1 Å². The maximum absolute atomic E-state index is 12.2. The Morgan fingerprint density at radius 3 is 2.17 bits per heavy atom. The van der Waals surface area contributed by atoms with E-state index in [1.54, 1.807) is 30.3 Å². The van der Waals surface area contributed by atoms with Gasteiger partial charge in [-0.2, -0.15) is 0 Å². The lowest BCUT2D eigenvalue weighted by atomic mass is 10.2. The Hall–Kier alpha value is -3.75. The molecule has 0 bridgehead atoms. The average Bonchev–Trinajstić information content (AvgIpc) is 2.75. The summed E-state index contributed by atoms with van der Waals surface area (Å²) in [6.45, 7) is -0.903. The van der Waals surface area contributed by atoms with Crippen LogP contribution in [0.25, 0.3) is 0 Å². The van der Waals surface area contributed by atoms with Gasteiger partial charge in [0, 0.05) is 11.6 Å². The van der Waals surface area contributed by atoms with Gasteiger partial charge in [0.2, 0.25) is 0 Å². The van der Waals surface area contributed by atoms with Crippen LogP contribution in [0.2, 0.25) is 0 Å². The van der Waals surface area contributed by atoms with Gasteiger partial charge < -0.3 is 29.6 Å². The number of nitrogens with one attached hydrogen (secondary N) is 2. The molecule has 0 aliphatic carbocycles.